The monoisotopic (exact) mass is 190 g/mol. The van der Waals surface area contributed by atoms with E-state index < -0.39 is 18.2 Å². The van der Waals surface area contributed by atoms with E-state index in [1.807, 2.05) is 6.92 Å². The summed E-state index contributed by atoms with van der Waals surface area (Å²) in [4.78, 5) is 11.2. The van der Waals surface area contributed by atoms with Crippen LogP contribution in [0.3, 0.4) is 0 Å². The molecule has 78 valence electrons. The van der Waals surface area contributed by atoms with E-state index >= 15 is 0 Å². The van der Waals surface area contributed by atoms with Gasteiger partial charge in [-0.25, -0.2) is 4.79 Å². The largest absolute Gasteiger partial charge is 0.464 e. The Balaban J connectivity index is 3.94. The maximum absolute atomic E-state index is 11.2. The summed E-state index contributed by atoms with van der Waals surface area (Å²) in [7, 11) is 1.43. The van der Waals surface area contributed by atoms with Crippen molar-refractivity contribution in [1.29, 1.82) is 0 Å². The Hall–Kier alpha value is -0.610. The summed E-state index contributed by atoms with van der Waals surface area (Å²) in [5.74, 6) is -0.405. The van der Waals surface area contributed by atoms with Crippen LogP contribution in [-0.2, 0) is 14.3 Å². The summed E-state index contributed by atoms with van der Waals surface area (Å²) in [6.45, 7) is 3.92. The van der Waals surface area contributed by atoms with Gasteiger partial charge in [0.1, 0.15) is 0 Å². The van der Waals surface area contributed by atoms with Crippen LogP contribution in [0, 0.1) is 0 Å². The lowest BCUT2D eigenvalue weighted by molar-refractivity contribution is -0.156. The number of aliphatic hydroxyl groups excluding tert-OH is 1. The molecule has 0 aromatic heterocycles. The van der Waals surface area contributed by atoms with Crippen molar-refractivity contribution in [2.24, 2.45) is 0 Å². The second-order valence-corrected chi connectivity index (χ2v) is 2.77. The molecule has 0 saturated carbocycles. The van der Waals surface area contributed by atoms with Crippen molar-refractivity contribution in [1.82, 2.24) is 0 Å². The van der Waals surface area contributed by atoms with Crippen LogP contribution in [0.1, 0.15) is 26.7 Å². The van der Waals surface area contributed by atoms with Crippen molar-refractivity contribution in [3.8, 4) is 0 Å². The highest BCUT2D eigenvalue weighted by Gasteiger charge is 2.21. The van der Waals surface area contributed by atoms with E-state index in [1.54, 1.807) is 6.92 Å². The van der Waals surface area contributed by atoms with Crippen molar-refractivity contribution in [3.05, 3.63) is 0 Å². The molecule has 0 amide bonds. The van der Waals surface area contributed by atoms with E-state index in [0.29, 0.717) is 19.4 Å². The molecule has 13 heavy (non-hydrogen) atoms. The molecule has 0 aliphatic carbocycles. The van der Waals surface area contributed by atoms with Gasteiger partial charge in [-0.3, -0.25) is 0 Å². The van der Waals surface area contributed by atoms with Crippen LogP contribution in [0.2, 0.25) is 0 Å². The average Bonchev–Trinajstić information content (AvgIpc) is 2.14. The fourth-order valence-corrected chi connectivity index (χ4v) is 0.938. The number of carbonyl (C=O) groups is 1. The number of hydrogen-bond donors (Lipinski definition) is 1. The van der Waals surface area contributed by atoms with Crippen molar-refractivity contribution >= 4 is 5.97 Å². The molecule has 0 aromatic carbocycles. The van der Waals surface area contributed by atoms with Gasteiger partial charge in [0, 0.05) is 13.5 Å². The summed E-state index contributed by atoms with van der Waals surface area (Å²) >= 11 is 0. The molecule has 0 saturated heterocycles. The molecular weight excluding hydrogens is 172 g/mol. The first-order valence-electron chi connectivity index (χ1n) is 4.53. The Kier molecular flexibility index (Phi) is 6.54. The minimum atomic E-state index is -0.644. The van der Waals surface area contributed by atoms with E-state index in [4.69, 9.17) is 9.47 Å². The maximum Gasteiger partial charge on any atom is 0.335 e. The highest BCUT2D eigenvalue weighted by atomic mass is 16.6. The normalized spacial score (nSPS) is 15.1. The topological polar surface area (TPSA) is 55.8 Å². The van der Waals surface area contributed by atoms with Gasteiger partial charge in [-0.2, -0.15) is 0 Å². The molecule has 0 heterocycles. The number of methoxy groups -OCH3 is 1. The second-order valence-electron chi connectivity index (χ2n) is 2.77. The first kappa shape index (κ1) is 12.4. The van der Waals surface area contributed by atoms with Crippen LogP contribution in [0.5, 0.6) is 0 Å². The zero-order chi connectivity index (χ0) is 10.3. The SMILES string of the molecule is CCOC(=O)C(CC(O)CC)OC. The lowest BCUT2D eigenvalue weighted by atomic mass is 10.1. The van der Waals surface area contributed by atoms with Gasteiger partial charge in [0.25, 0.3) is 0 Å². The van der Waals surface area contributed by atoms with E-state index in [9.17, 15) is 9.90 Å². The molecule has 4 nitrogen and oxygen atoms in total. The third-order valence-electron chi connectivity index (χ3n) is 1.79. The van der Waals surface area contributed by atoms with Gasteiger partial charge in [-0.15, -0.1) is 0 Å². The fourth-order valence-electron chi connectivity index (χ4n) is 0.938. The zero-order valence-corrected chi connectivity index (χ0v) is 8.45. The van der Waals surface area contributed by atoms with Gasteiger partial charge >= 0.3 is 5.97 Å². The number of esters is 1. The Morgan fingerprint density at radius 3 is 2.46 bits per heavy atom. The maximum atomic E-state index is 11.2. The lowest BCUT2D eigenvalue weighted by Gasteiger charge is -2.16. The highest BCUT2D eigenvalue weighted by molar-refractivity contribution is 5.74. The van der Waals surface area contributed by atoms with Gasteiger partial charge in [0.2, 0.25) is 0 Å². The Morgan fingerprint density at radius 2 is 2.08 bits per heavy atom. The molecule has 0 aliphatic heterocycles. The minimum Gasteiger partial charge on any atom is -0.464 e. The van der Waals surface area contributed by atoms with Crippen LogP contribution in [-0.4, -0.2) is 37.0 Å². The Labute approximate surface area is 78.8 Å². The fraction of sp³-hybridized carbons (Fsp3) is 0.889. The second kappa shape index (κ2) is 6.86. The Bertz CT molecular complexity index is 147. The van der Waals surface area contributed by atoms with Gasteiger partial charge in [-0.1, -0.05) is 6.92 Å². The van der Waals surface area contributed by atoms with E-state index in [1.165, 1.54) is 7.11 Å². The van der Waals surface area contributed by atoms with Gasteiger partial charge < -0.3 is 14.6 Å². The predicted molar refractivity (Wildman–Crippen MR) is 48.3 cm³/mol. The molecule has 0 rings (SSSR count). The number of ether oxygens (including phenoxy) is 2. The molecule has 0 fully saturated rings. The minimum absolute atomic E-state index is 0.297. The number of hydrogen-bond acceptors (Lipinski definition) is 4. The van der Waals surface area contributed by atoms with Crippen LogP contribution >= 0.6 is 0 Å². The molecule has 2 atom stereocenters. The summed E-state index contributed by atoms with van der Waals surface area (Å²) in [6, 6.07) is 0. The summed E-state index contributed by atoms with van der Waals surface area (Å²) in [6.07, 6.45) is -0.241. The molecule has 1 N–H and O–H groups in total. The van der Waals surface area contributed by atoms with Gasteiger partial charge in [0.05, 0.1) is 12.7 Å². The molecular formula is C9H18O4. The van der Waals surface area contributed by atoms with E-state index in [-0.39, 0.29) is 0 Å². The van der Waals surface area contributed by atoms with Gasteiger partial charge in [0.15, 0.2) is 6.10 Å². The third-order valence-corrected chi connectivity index (χ3v) is 1.79. The average molecular weight is 190 g/mol. The molecule has 2 unspecified atom stereocenters. The quantitative estimate of drug-likeness (QED) is 0.627. The van der Waals surface area contributed by atoms with Crippen LogP contribution in [0.4, 0.5) is 0 Å². The summed E-state index contributed by atoms with van der Waals surface area (Å²) in [5.41, 5.74) is 0. The van der Waals surface area contributed by atoms with Crippen LogP contribution in [0.25, 0.3) is 0 Å². The van der Waals surface area contributed by atoms with Crippen molar-refractivity contribution in [2.45, 2.75) is 38.9 Å². The molecule has 0 aliphatic rings. The smallest absolute Gasteiger partial charge is 0.335 e. The zero-order valence-electron chi connectivity index (χ0n) is 8.45. The summed E-state index contributed by atoms with van der Waals surface area (Å²) < 4.78 is 9.67. The predicted octanol–water partition coefficient (Wildman–Crippen LogP) is 0.725. The highest BCUT2D eigenvalue weighted by Crippen LogP contribution is 2.06. The van der Waals surface area contributed by atoms with Gasteiger partial charge in [-0.05, 0) is 13.3 Å². The molecule has 0 aromatic rings. The van der Waals surface area contributed by atoms with Crippen LogP contribution < -0.4 is 0 Å². The van der Waals surface area contributed by atoms with Crippen LogP contribution in [0.15, 0.2) is 0 Å². The standard InChI is InChI=1S/C9H18O4/c1-4-7(10)6-8(12-3)9(11)13-5-2/h7-8,10H,4-6H2,1-3H3. The number of carbonyl (C=O) groups excluding carboxylic acids is 1. The first-order chi connectivity index (χ1) is 6.15. The van der Waals surface area contributed by atoms with E-state index in [0.717, 1.165) is 0 Å². The first-order valence-corrected chi connectivity index (χ1v) is 4.53. The van der Waals surface area contributed by atoms with Crippen molar-refractivity contribution in [3.63, 3.8) is 0 Å². The third kappa shape index (κ3) is 4.85. The molecule has 0 spiro atoms. The summed E-state index contributed by atoms with van der Waals surface area (Å²) in [5, 5.41) is 9.29. The van der Waals surface area contributed by atoms with Crippen molar-refractivity contribution < 1.29 is 19.4 Å². The molecule has 0 bridgehead atoms. The lowest BCUT2D eigenvalue weighted by Crippen LogP contribution is -2.29. The molecule has 0 radical (unpaired) electrons. The van der Waals surface area contributed by atoms with Crippen molar-refractivity contribution in [2.75, 3.05) is 13.7 Å². The number of aliphatic hydroxyl groups is 1. The molecule has 4 heteroatoms. The van der Waals surface area contributed by atoms with E-state index in [2.05, 4.69) is 0 Å². The number of rotatable bonds is 6. The Morgan fingerprint density at radius 1 is 1.46 bits per heavy atom.